The van der Waals surface area contributed by atoms with Gasteiger partial charge < -0.3 is 5.32 Å². The molecule has 4 heteroatoms. The molecule has 1 heterocycles. The van der Waals surface area contributed by atoms with E-state index in [1.165, 1.54) is 4.88 Å². The largest absolute Gasteiger partial charge is 0.359 e. The summed E-state index contributed by atoms with van der Waals surface area (Å²) in [4.78, 5) is 12.2. The van der Waals surface area contributed by atoms with Gasteiger partial charge in [-0.2, -0.15) is 0 Å². The summed E-state index contributed by atoms with van der Waals surface area (Å²) in [6.45, 7) is 0. The van der Waals surface area contributed by atoms with E-state index in [2.05, 4.69) is 27.3 Å². The van der Waals surface area contributed by atoms with Crippen molar-refractivity contribution in [2.75, 3.05) is 7.05 Å². The molecular weight excluding hydrogens is 250 g/mol. The molecule has 0 radical (unpaired) electrons. The van der Waals surface area contributed by atoms with Crippen molar-refractivity contribution in [2.45, 2.75) is 19.3 Å². The van der Waals surface area contributed by atoms with Crippen LogP contribution in [0.15, 0.2) is 15.9 Å². The van der Waals surface area contributed by atoms with Crippen molar-refractivity contribution < 1.29 is 4.79 Å². The summed E-state index contributed by atoms with van der Waals surface area (Å²) in [6, 6.07) is 4.14. The number of halogens is 1. The zero-order valence-corrected chi connectivity index (χ0v) is 9.87. The average molecular weight is 262 g/mol. The number of amides is 1. The molecule has 1 aromatic rings. The van der Waals surface area contributed by atoms with E-state index >= 15 is 0 Å². The molecule has 2 nitrogen and oxygen atoms in total. The van der Waals surface area contributed by atoms with E-state index in [-0.39, 0.29) is 5.91 Å². The van der Waals surface area contributed by atoms with Crippen LogP contribution in [0.1, 0.15) is 17.7 Å². The van der Waals surface area contributed by atoms with Crippen molar-refractivity contribution >= 4 is 33.2 Å². The maximum atomic E-state index is 10.9. The Morgan fingerprint density at radius 1 is 1.62 bits per heavy atom. The summed E-state index contributed by atoms with van der Waals surface area (Å²) in [5.74, 6) is 0.121. The second-order valence-corrected chi connectivity index (χ2v) is 5.28. The molecule has 0 aromatic carbocycles. The van der Waals surface area contributed by atoms with Crippen LogP contribution >= 0.6 is 27.3 Å². The predicted molar refractivity (Wildman–Crippen MR) is 59.0 cm³/mol. The predicted octanol–water partition coefficient (Wildman–Crippen LogP) is 2.58. The third kappa shape index (κ3) is 3.91. The van der Waals surface area contributed by atoms with Crippen LogP contribution in [0.25, 0.3) is 0 Å². The highest BCUT2D eigenvalue weighted by molar-refractivity contribution is 9.11. The topological polar surface area (TPSA) is 29.1 Å². The Hall–Kier alpha value is -0.350. The second-order valence-electron chi connectivity index (χ2n) is 2.73. The highest BCUT2D eigenvalue weighted by Crippen LogP contribution is 2.23. The highest BCUT2D eigenvalue weighted by Gasteiger charge is 2.00. The van der Waals surface area contributed by atoms with Gasteiger partial charge in [0.25, 0.3) is 0 Å². The van der Waals surface area contributed by atoms with E-state index in [9.17, 15) is 4.79 Å². The fourth-order valence-electron chi connectivity index (χ4n) is 1.03. The molecule has 0 aliphatic carbocycles. The average Bonchev–Trinajstić information content (AvgIpc) is 2.51. The minimum Gasteiger partial charge on any atom is -0.359 e. The van der Waals surface area contributed by atoms with Gasteiger partial charge in [-0.1, -0.05) is 0 Å². The Morgan fingerprint density at radius 2 is 2.38 bits per heavy atom. The second kappa shape index (κ2) is 5.40. The number of aryl methyl sites for hydroxylation is 1. The zero-order chi connectivity index (χ0) is 9.68. The molecule has 1 rings (SSSR count). The van der Waals surface area contributed by atoms with Gasteiger partial charge in [0.05, 0.1) is 3.79 Å². The van der Waals surface area contributed by atoms with Crippen LogP contribution in [-0.4, -0.2) is 13.0 Å². The summed E-state index contributed by atoms with van der Waals surface area (Å²) in [5, 5.41) is 2.61. The first-order valence-corrected chi connectivity index (χ1v) is 5.78. The molecule has 0 aliphatic heterocycles. The molecular formula is C9H12BrNOS. The van der Waals surface area contributed by atoms with Crippen LogP contribution in [0.2, 0.25) is 0 Å². The number of carbonyl (C=O) groups is 1. The maximum absolute atomic E-state index is 10.9. The SMILES string of the molecule is CNC(=O)CCCc1ccc(Br)s1. The molecule has 72 valence electrons. The molecule has 1 amide bonds. The van der Waals surface area contributed by atoms with Crippen LogP contribution in [0.4, 0.5) is 0 Å². The third-order valence-corrected chi connectivity index (χ3v) is 3.42. The van der Waals surface area contributed by atoms with E-state index in [0.717, 1.165) is 16.6 Å². The third-order valence-electron chi connectivity index (χ3n) is 1.73. The van der Waals surface area contributed by atoms with Crippen molar-refractivity contribution in [2.24, 2.45) is 0 Å². The van der Waals surface area contributed by atoms with Gasteiger partial charge in [0.15, 0.2) is 0 Å². The molecule has 0 atom stereocenters. The lowest BCUT2D eigenvalue weighted by Gasteiger charge is -1.97. The lowest BCUT2D eigenvalue weighted by molar-refractivity contribution is -0.120. The summed E-state index contributed by atoms with van der Waals surface area (Å²) >= 11 is 5.14. The van der Waals surface area contributed by atoms with Gasteiger partial charge in [-0.15, -0.1) is 11.3 Å². The molecule has 0 spiro atoms. The van der Waals surface area contributed by atoms with Crippen molar-refractivity contribution in [1.82, 2.24) is 5.32 Å². The van der Waals surface area contributed by atoms with E-state index in [1.807, 2.05) is 6.07 Å². The summed E-state index contributed by atoms with van der Waals surface area (Å²) in [6.07, 6.45) is 2.53. The minimum absolute atomic E-state index is 0.121. The van der Waals surface area contributed by atoms with Gasteiger partial charge in [0.1, 0.15) is 0 Å². The number of carbonyl (C=O) groups excluding carboxylic acids is 1. The number of hydrogen-bond donors (Lipinski definition) is 1. The molecule has 1 N–H and O–H groups in total. The monoisotopic (exact) mass is 261 g/mol. The first kappa shape index (κ1) is 10.7. The van der Waals surface area contributed by atoms with Gasteiger partial charge in [0, 0.05) is 18.3 Å². The Bertz CT molecular complexity index is 285. The van der Waals surface area contributed by atoms with E-state index in [1.54, 1.807) is 18.4 Å². The highest BCUT2D eigenvalue weighted by atomic mass is 79.9. The van der Waals surface area contributed by atoms with Crippen molar-refractivity contribution in [3.8, 4) is 0 Å². The van der Waals surface area contributed by atoms with Crippen molar-refractivity contribution in [1.29, 1.82) is 0 Å². The first-order valence-electron chi connectivity index (χ1n) is 4.17. The van der Waals surface area contributed by atoms with E-state index in [0.29, 0.717) is 6.42 Å². The molecule has 0 aliphatic rings. The number of rotatable bonds is 4. The Kier molecular flexibility index (Phi) is 4.45. The molecule has 0 saturated heterocycles. The van der Waals surface area contributed by atoms with Gasteiger partial charge in [-0.3, -0.25) is 4.79 Å². The molecule has 0 unspecified atom stereocenters. The quantitative estimate of drug-likeness (QED) is 0.887. The van der Waals surface area contributed by atoms with Crippen LogP contribution in [0, 0.1) is 0 Å². The number of thiophene rings is 1. The van der Waals surface area contributed by atoms with Crippen LogP contribution in [0.3, 0.4) is 0 Å². The first-order chi connectivity index (χ1) is 6.22. The number of nitrogens with one attached hydrogen (secondary N) is 1. The molecule has 13 heavy (non-hydrogen) atoms. The summed E-state index contributed by atoms with van der Waals surface area (Å²) in [5.41, 5.74) is 0. The fourth-order valence-corrected chi connectivity index (χ4v) is 2.56. The minimum atomic E-state index is 0.121. The maximum Gasteiger partial charge on any atom is 0.219 e. The van der Waals surface area contributed by atoms with E-state index in [4.69, 9.17) is 0 Å². The Morgan fingerprint density at radius 3 is 2.92 bits per heavy atom. The van der Waals surface area contributed by atoms with Crippen LogP contribution in [-0.2, 0) is 11.2 Å². The molecule has 0 saturated carbocycles. The van der Waals surface area contributed by atoms with Crippen LogP contribution < -0.4 is 5.32 Å². The van der Waals surface area contributed by atoms with Crippen molar-refractivity contribution in [3.05, 3.63) is 20.8 Å². The van der Waals surface area contributed by atoms with Crippen molar-refractivity contribution in [3.63, 3.8) is 0 Å². The molecule has 1 aromatic heterocycles. The normalized spacial score (nSPS) is 10.0. The standard InChI is InChI=1S/C9H12BrNOS/c1-11-9(12)4-2-3-7-5-6-8(10)13-7/h5-6H,2-4H2,1H3,(H,11,12). The summed E-state index contributed by atoms with van der Waals surface area (Å²) < 4.78 is 1.16. The lowest BCUT2D eigenvalue weighted by atomic mass is 10.2. The number of hydrogen-bond acceptors (Lipinski definition) is 2. The van der Waals surface area contributed by atoms with Gasteiger partial charge in [0.2, 0.25) is 5.91 Å². The fraction of sp³-hybridized carbons (Fsp3) is 0.444. The smallest absolute Gasteiger partial charge is 0.219 e. The lowest BCUT2D eigenvalue weighted by Crippen LogP contribution is -2.17. The Labute approximate surface area is 90.5 Å². The van der Waals surface area contributed by atoms with E-state index < -0.39 is 0 Å². The molecule has 0 fully saturated rings. The van der Waals surface area contributed by atoms with Gasteiger partial charge in [-0.25, -0.2) is 0 Å². The summed E-state index contributed by atoms with van der Waals surface area (Å²) in [7, 11) is 1.67. The van der Waals surface area contributed by atoms with Gasteiger partial charge >= 0.3 is 0 Å². The molecule has 0 bridgehead atoms. The Balaban J connectivity index is 2.24. The zero-order valence-electron chi connectivity index (χ0n) is 7.47. The van der Waals surface area contributed by atoms with Gasteiger partial charge in [-0.05, 0) is 40.9 Å². The van der Waals surface area contributed by atoms with Crippen LogP contribution in [0.5, 0.6) is 0 Å².